The van der Waals surface area contributed by atoms with E-state index in [-0.39, 0.29) is 0 Å². The molecule has 0 aliphatic heterocycles. The normalized spacial score (nSPS) is 13.0. The maximum Gasteiger partial charge on any atom is 0.249 e. The molecule has 0 rings (SSSR count). The van der Waals surface area contributed by atoms with Gasteiger partial charge < -0.3 is 0 Å². The van der Waals surface area contributed by atoms with Crippen molar-refractivity contribution in [1.29, 1.82) is 0 Å². The maximum absolute atomic E-state index is 5.61. The smallest absolute Gasteiger partial charge is 0.249 e. The average Bonchev–Trinajstić information content (AvgIpc) is 1.60. The zero-order valence-corrected chi connectivity index (χ0v) is 10.1. The SMILES string of the molecule is CN=P(Cl)(Cl)N=P(C)(Cl)Cl. The van der Waals surface area contributed by atoms with Gasteiger partial charge in [-0.25, -0.2) is 4.52 Å². The lowest BCUT2D eigenvalue weighted by atomic mass is 11.6. The van der Waals surface area contributed by atoms with Gasteiger partial charge in [-0.3, -0.25) is 4.74 Å². The summed E-state index contributed by atoms with van der Waals surface area (Å²) < 4.78 is 7.42. The minimum Gasteiger partial charge on any atom is -0.258 e. The van der Waals surface area contributed by atoms with Crippen molar-refractivity contribution < 1.29 is 0 Å². The molecule has 0 fully saturated rings. The third-order valence-electron chi connectivity index (χ3n) is 0.505. The molecule has 0 aromatic rings. The van der Waals surface area contributed by atoms with Crippen molar-refractivity contribution in [3.8, 4) is 0 Å². The Bertz CT molecular complexity index is 203. The second kappa shape index (κ2) is 4.03. The van der Waals surface area contributed by atoms with Gasteiger partial charge in [0.15, 0.2) is 0 Å². The van der Waals surface area contributed by atoms with Crippen LogP contribution in [0.2, 0.25) is 0 Å². The molecular weight excluding hydrogens is 256 g/mol. The molecule has 0 heterocycles. The molecule has 0 atom stereocenters. The number of rotatable bonds is 1. The topological polar surface area (TPSA) is 24.7 Å². The Morgan fingerprint density at radius 1 is 1.10 bits per heavy atom. The van der Waals surface area contributed by atoms with Crippen molar-refractivity contribution >= 4 is 56.6 Å². The van der Waals surface area contributed by atoms with Crippen LogP contribution in [0.25, 0.3) is 0 Å². The Hall–Kier alpha value is 1.62. The van der Waals surface area contributed by atoms with Gasteiger partial charge in [-0.1, -0.05) is 22.5 Å². The fourth-order valence-corrected chi connectivity index (χ4v) is 7.50. The van der Waals surface area contributed by atoms with Gasteiger partial charge in [-0.05, 0) is 29.1 Å². The predicted molar refractivity (Wildman–Crippen MR) is 54.0 cm³/mol. The summed E-state index contributed by atoms with van der Waals surface area (Å²) in [4.78, 5) is 0. The summed E-state index contributed by atoms with van der Waals surface area (Å²) in [7, 11) is 1.49. The number of halogens is 4. The second-order valence-electron chi connectivity index (χ2n) is 1.50. The lowest BCUT2D eigenvalue weighted by Crippen LogP contribution is -1.53. The zero-order valence-electron chi connectivity index (χ0n) is 5.30. The van der Waals surface area contributed by atoms with E-state index in [2.05, 4.69) is 9.26 Å². The minimum atomic E-state index is -2.57. The summed E-state index contributed by atoms with van der Waals surface area (Å²) in [6, 6.07) is 0. The van der Waals surface area contributed by atoms with Crippen LogP contribution in [0, 0.1) is 0 Å². The van der Waals surface area contributed by atoms with Gasteiger partial charge in [0.1, 0.15) is 5.76 Å². The first kappa shape index (κ1) is 11.6. The van der Waals surface area contributed by atoms with E-state index >= 15 is 0 Å². The van der Waals surface area contributed by atoms with E-state index in [0.29, 0.717) is 0 Å². The highest BCUT2D eigenvalue weighted by Crippen LogP contribution is 2.72. The average molecular weight is 262 g/mol. The summed E-state index contributed by atoms with van der Waals surface area (Å²) in [6.07, 6.45) is 0. The van der Waals surface area contributed by atoms with Crippen LogP contribution in [0.5, 0.6) is 0 Å². The Kier molecular flexibility index (Phi) is 4.68. The van der Waals surface area contributed by atoms with Crippen molar-refractivity contribution in [2.24, 2.45) is 9.26 Å². The lowest BCUT2D eigenvalue weighted by molar-refractivity contribution is 1.50. The first-order chi connectivity index (χ1) is 4.27. The molecule has 2 nitrogen and oxygen atoms in total. The molecule has 0 N–H and O–H groups in total. The van der Waals surface area contributed by atoms with Gasteiger partial charge in [0.2, 0.25) is 5.91 Å². The van der Waals surface area contributed by atoms with Crippen LogP contribution >= 0.6 is 56.6 Å². The van der Waals surface area contributed by atoms with Gasteiger partial charge in [0.25, 0.3) is 0 Å². The van der Waals surface area contributed by atoms with Gasteiger partial charge in [0, 0.05) is 7.05 Å². The van der Waals surface area contributed by atoms with E-state index in [1.807, 2.05) is 0 Å². The third-order valence-corrected chi connectivity index (χ3v) is 6.45. The van der Waals surface area contributed by atoms with Crippen molar-refractivity contribution in [3.05, 3.63) is 0 Å². The highest BCUT2D eigenvalue weighted by atomic mass is 35.9. The van der Waals surface area contributed by atoms with E-state index in [9.17, 15) is 0 Å². The number of hydrogen-bond acceptors (Lipinski definition) is 1. The van der Waals surface area contributed by atoms with Crippen molar-refractivity contribution in [2.75, 3.05) is 13.7 Å². The van der Waals surface area contributed by atoms with Crippen LogP contribution in [0.4, 0.5) is 0 Å². The van der Waals surface area contributed by atoms with Gasteiger partial charge in [0.05, 0.1) is 0 Å². The molecule has 0 saturated heterocycles. The largest absolute Gasteiger partial charge is 0.258 e. The summed E-state index contributed by atoms with van der Waals surface area (Å²) in [5.41, 5.74) is 0. The summed E-state index contributed by atoms with van der Waals surface area (Å²) in [5.74, 6) is -4.86. The molecule has 10 heavy (non-hydrogen) atoms. The quantitative estimate of drug-likeness (QED) is 0.581. The number of nitrogens with zero attached hydrogens (tertiary/aromatic N) is 2. The monoisotopic (exact) mass is 260 g/mol. The molecule has 0 aliphatic rings. The maximum atomic E-state index is 5.61. The van der Waals surface area contributed by atoms with E-state index in [1.54, 1.807) is 6.66 Å². The number of hydrogen-bond donors (Lipinski definition) is 0. The molecule has 0 amide bonds. The van der Waals surface area contributed by atoms with Crippen molar-refractivity contribution in [1.82, 2.24) is 0 Å². The van der Waals surface area contributed by atoms with Crippen LogP contribution in [0.3, 0.4) is 0 Å². The van der Waals surface area contributed by atoms with Crippen molar-refractivity contribution in [3.63, 3.8) is 0 Å². The third kappa shape index (κ3) is 6.34. The summed E-state index contributed by atoms with van der Waals surface area (Å²) in [6.45, 7) is 1.58. The Morgan fingerprint density at radius 2 is 1.50 bits per heavy atom. The van der Waals surface area contributed by atoms with Crippen LogP contribution in [-0.2, 0) is 0 Å². The molecule has 0 unspecified atom stereocenters. The second-order valence-corrected chi connectivity index (χ2v) is 12.8. The zero-order chi connectivity index (χ0) is 8.41. The molecule has 0 radical (unpaired) electrons. The first-order valence-electron chi connectivity index (χ1n) is 2.17. The summed E-state index contributed by atoms with van der Waals surface area (Å²) >= 11 is 22.4. The fraction of sp³-hybridized carbons (Fsp3) is 1.00. The lowest BCUT2D eigenvalue weighted by Gasteiger charge is -2.04. The molecule has 0 saturated carbocycles. The fourth-order valence-electron chi connectivity index (χ4n) is 0.229. The molecule has 0 aromatic carbocycles. The molecule has 8 heteroatoms. The van der Waals surface area contributed by atoms with Gasteiger partial charge in [-0.15, -0.1) is 0 Å². The standard InChI is InChI=1S/C2H6Cl4N2P2/c1-7-10(5,6)8-9(2,3)4/h1-2H3. The highest BCUT2D eigenvalue weighted by molar-refractivity contribution is 8.18. The Labute approximate surface area is 79.5 Å². The van der Waals surface area contributed by atoms with Crippen LogP contribution < -0.4 is 0 Å². The molecule has 0 aliphatic carbocycles. The molecule has 0 bridgehead atoms. The van der Waals surface area contributed by atoms with Crippen molar-refractivity contribution in [2.45, 2.75) is 0 Å². The van der Waals surface area contributed by atoms with Crippen LogP contribution in [0.15, 0.2) is 9.26 Å². The predicted octanol–water partition coefficient (Wildman–Crippen LogP) is 5.18. The summed E-state index contributed by atoms with van der Waals surface area (Å²) in [5, 5.41) is 0. The molecule has 0 spiro atoms. The van der Waals surface area contributed by atoms with Gasteiger partial charge >= 0.3 is 0 Å². The van der Waals surface area contributed by atoms with Crippen LogP contribution in [-0.4, -0.2) is 13.7 Å². The molecule has 0 aromatic heterocycles. The van der Waals surface area contributed by atoms with E-state index in [0.717, 1.165) is 0 Å². The highest BCUT2D eigenvalue weighted by Gasteiger charge is 2.12. The van der Waals surface area contributed by atoms with E-state index < -0.39 is 11.7 Å². The minimum absolute atomic E-state index is 1.49. The molecule has 62 valence electrons. The van der Waals surface area contributed by atoms with E-state index in [1.165, 1.54) is 7.05 Å². The first-order valence-corrected chi connectivity index (χ1v) is 9.67. The Balaban J connectivity index is 4.76. The van der Waals surface area contributed by atoms with E-state index in [4.69, 9.17) is 45.0 Å². The van der Waals surface area contributed by atoms with Crippen LogP contribution in [0.1, 0.15) is 0 Å². The van der Waals surface area contributed by atoms with Gasteiger partial charge in [-0.2, -0.15) is 0 Å². The Morgan fingerprint density at radius 3 is 1.60 bits per heavy atom. The molecular formula is C2H6Cl4N2P2.